The third-order valence-electron chi connectivity index (χ3n) is 5.72. The summed E-state index contributed by atoms with van der Waals surface area (Å²) in [6.07, 6.45) is 3.40. The average Bonchev–Trinajstić information content (AvgIpc) is 2.77. The van der Waals surface area contributed by atoms with Crippen LogP contribution in [0.25, 0.3) is 10.9 Å². The first-order chi connectivity index (χ1) is 15.7. The number of nitrogens with one attached hydrogen (secondary N) is 1. The van der Waals surface area contributed by atoms with E-state index in [-0.39, 0.29) is 17.5 Å². The van der Waals surface area contributed by atoms with E-state index in [0.717, 1.165) is 31.3 Å². The molecule has 0 aliphatic carbocycles. The number of carbonyl (C=O) groups is 1. The number of hydrogen-bond acceptors (Lipinski definition) is 8. The van der Waals surface area contributed by atoms with Gasteiger partial charge >= 0.3 is 5.97 Å². The lowest BCUT2D eigenvalue weighted by molar-refractivity contribution is -0.135. The van der Waals surface area contributed by atoms with Gasteiger partial charge in [0.2, 0.25) is 10.0 Å². The number of hydrogen-bond donors (Lipinski definition) is 3. The number of nitrogens with two attached hydrogens (primary N) is 1. The minimum absolute atomic E-state index is 0.00357. The highest BCUT2D eigenvalue weighted by atomic mass is 32.2. The number of sulfonamides is 1. The fraction of sp³-hybridized carbons (Fsp3) is 0.318. The molecule has 1 saturated heterocycles. The standard InChI is InChI=1S/C22H26N6O4S/c1-27-9-7-17(8-10-27)28(14-22(29)30)21-6-5-15-13-24-20(12-19(15)26-21)25-16-3-2-4-18(11-16)33(23,31)32/h2-6,11-13,17H,7-10,14H2,1H3,(H,24,25)(H,29,30)(H2,23,31,32). The van der Waals surface area contributed by atoms with E-state index in [4.69, 9.17) is 10.1 Å². The van der Waals surface area contributed by atoms with Crippen LogP contribution in [0.4, 0.5) is 17.3 Å². The van der Waals surface area contributed by atoms with Gasteiger partial charge in [-0.1, -0.05) is 6.07 Å². The van der Waals surface area contributed by atoms with Crippen molar-refractivity contribution in [2.75, 3.05) is 36.9 Å². The van der Waals surface area contributed by atoms with E-state index < -0.39 is 16.0 Å². The molecular formula is C22H26N6O4S. The maximum absolute atomic E-state index is 11.6. The summed E-state index contributed by atoms with van der Waals surface area (Å²) in [6, 6.07) is 11.7. The molecule has 0 saturated carbocycles. The second kappa shape index (κ2) is 9.30. The molecule has 174 valence electrons. The molecule has 0 unspecified atom stereocenters. The molecule has 1 aromatic carbocycles. The minimum atomic E-state index is -3.82. The van der Waals surface area contributed by atoms with Gasteiger partial charge in [-0.25, -0.2) is 23.5 Å². The number of primary sulfonamides is 1. The largest absolute Gasteiger partial charge is 0.480 e. The molecule has 33 heavy (non-hydrogen) atoms. The van der Waals surface area contributed by atoms with E-state index in [9.17, 15) is 18.3 Å². The molecule has 1 aliphatic heterocycles. The molecule has 0 radical (unpaired) electrons. The molecule has 4 rings (SSSR count). The van der Waals surface area contributed by atoms with E-state index in [2.05, 4.69) is 22.2 Å². The van der Waals surface area contributed by atoms with Crippen molar-refractivity contribution in [2.24, 2.45) is 5.14 Å². The maximum atomic E-state index is 11.6. The Labute approximate surface area is 192 Å². The van der Waals surface area contributed by atoms with Crippen LogP contribution < -0.4 is 15.4 Å². The predicted molar refractivity (Wildman–Crippen MR) is 126 cm³/mol. The zero-order valence-electron chi connectivity index (χ0n) is 18.2. The molecule has 2 aromatic heterocycles. The maximum Gasteiger partial charge on any atom is 0.323 e. The highest BCUT2D eigenvalue weighted by Gasteiger charge is 2.26. The van der Waals surface area contributed by atoms with Gasteiger partial charge < -0.3 is 20.2 Å². The Balaban J connectivity index is 1.63. The third kappa shape index (κ3) is 5.56. The Morgan fingerprint density at radius 3 is 2.70 bits per heavy atom. The molecular weight excluding hydrogens is 444 g/mol. The van der Waals surface area contributed by atoms with Crippen molar-refractivity contribution in [1.29, 1.82) is 0 Å². The summed E-state index contributed by atoms with van der Waals surface area (Å²) >= 11 is 0. The third-order valence-corrected chi connectivity index (χ3v) is 6.63. The molecule has 3 heterocycles. The summed E-state index contributed by atoms with van der Waals surface area (Å²) in [6.45, 7) is 1.69. The summed E-state index contributed by atoms with van der Waals surface area (Å²) in [4.78, 5) is 24.8. The number of rotatable bonds is 7. The first-order valence-corrected chi connectivity index (χ1v) is 12.1. The van der Waals surface area contributed by atoms with E-state index in [1.54, 1.807) is 24.4 Å². The summed E-state index contributed by atoms with van der Waals surface area (Å²) in [5.41, 5.74) is 1.17. The van der Waals surface area contributed by atoms with Crippen molar-refractivity contribution in [2.45, 2.75) is 23.8 Å². The fourth-order valence-corrected chi connectivity index (χ4v) is 4.54. The lowest BCUT2D eigenvalue weighted by Gasteiger charge is -2.37. The van der Waals surface area contributed by atoms with Gasteiger partial charge in [0.25, 0.3) is 0 Å². The minimum Gasteiger partial charge on any atom is -0.480 e. The molecule has 1 aliphatic rings. The highest BCUT2D eigenvalue weighted by molar-refractivity contribution is 7.89. The highest BCUT2D eigenvalue weighted by Crippen LogP contribution is 2.26. The molecule has 0 bridgehead atoms. The van der Waals surface area contributed by atoms with E-state index in [1.807, 2.05) is 17.0 Å². The normalized spacial score (nSPS) is 15.5. The number of carboxylic acid groups (broad SMARTS) is 1. The van der Waals surface area contributed by atoms with Crippen LogP contribution in [0.3, 0.4) is 0 Å². The SMILES string of the molecule is CN1CCC(N(CC(=O)O)c2ccc3cnc(Nc4cccc(S(N)(=O)=O)c4)cc3n2)CC1. The van der Waals surface area contributed by atoms with Crippen molar-refractivity contribution < 1.29 is 18.3 Å². The van der Waals surface area contributed by atoms with Gasteiger partial charge in [0, 0.05) is 29.4 Å². The van der Waals surface area contributed by atoms with Crippen LogP contribution >= 0.6 is 0 Å². The smallest absolute Gasteiger partial charge is 0.323 e. The van der Waals surface area contributed by atoms with Gasteiger partial charge in [-0.3, -0.25) is 4.79 Å². The Kier molecular flexibility index (Phi) is 6.45. The zero-order valence-corrected chi connectivity index (χ0v) is 19.0. The number of piperidine rings is 1. The van der Waals surface area contributed by atoms with Crippen LogP contribution in [0.5, 0.6) is 0 Å². The van der Waals surface area contributed by atoms with E-state index in [1.165, 1.54) is 12.1 Å². The number of nitrogens with zero attached hydrogens (tertiary/aromatic N) is 4. The first-order valence-electron chi connectivity index (χ1n) is 10.5. The van der Waals surface area contributed by atoms with E-state index >= 15 is 0 Å². The number of likely N-dealkylation sites (tertiary alicyclic amines) is 1. The number of carboxylic acids is 1. The van der Waals surface area contributed by atoms with Crippen LogP contribution in [0.1, 0.15) is 12.8 Å². The zero-order chi connectivity index (χ0) is 23.6. The first kappa shape index (κ1) is 22.9. The van der Waals surface area contributed by atoms with Crippen molar-refractivity contribution in [1.82, 2.24) is 14.9 Å². The van der Waals surface area contributed by atoms with Gasteiger partial charge in [0.1, 0.15) is 18.2 Å². The summed E-state index contributed by atoms with van der Waals surface area (Å²) in [5, 5.41) is 18.6. The molecule has 0 amide bonds. The Bertz CT molecular complexity index is 1270. The van der Waals surface area contributed by atoms with Crippen molar-refractivity contribution in [3.8, 4) is 0 Å². The number of aliphatic carboxylic acids is 1. The predicted octanol–water partition coefficient (Wildman–Crippen LogP) is 2.01. The van der Waals surface area contributed by atoms with Gasteiger partial charge in [-0.05, 0) is 63.3 Å². The van der Waals surface area contributed by atoms with Crippen molar-refractivity contribution in [3.63, 3.8) is 0 Å². The van der Waals surface area contributed by atoms with Gasteiger partial charge in [0.05, 0.1) is 10.4 Å². The molecule has 1 fully saturated rings. The number of fused-ring (bicyclic) bond motifs is 1. The molecule has 4 N–H and O–H groups in total. The number of aromatic nitrogens is 2. The Morgan fingerprint density at radius 2 is 2.00 bits per heavy atom. The monoisotopic (exact) mass is 470 g/mol. The van der Waals surface area contributed by atoms with E-state index in [0.29, 0.717) is 22.8 Å². The van der Waals surface area contributed by atoms with Crippen LogP contribution in [0.2, 0.25) is 0 Å². The van der Waals surface area contributed by atoms with Gasteiger partial charge in [0.15, 0.2) is 0 Å². The van der Waals surface area contributed by atoms with Crippen LogP contribution in [0.15, 0.2) is 53.6 Å². The topological polar surface area (TPSA) is 142 Å². The van der Waals surface area contributed by atoms with Crippen LogP contribution in [0, 0.1) is 0 Å². The van der Waals surface area contributed by atoms with Gasteiger partial charge in [-0.2, -0.15) is 0 Å². The Morgan fingerprint density at radius 1 is 1.24 bits per heavy atom. The summed E-state index contributed by atoms with van der Waals surface area (Å²) < 4.78 is 23.2. The number of benzene rings is 1. The summed E-state index contributed by atoms with van der Waals surface area (Å²) in [7, 11) is -1.76. The molecule has 10 nitrogen and oxygen atoms in total. The lowest BCUT2D eigenvalue weighted by atomic mass is 10.0. The Hall–Kier alpha value is -3.28. The van der Waals surface area contributed by atoms with Crippen molar-refractivity contribution >= 4 is 44.2 Å². The molecule has 11 heteroatoms. The van der Waals surface area contributed by atoms with Gasteiger partial charge in [-0.15, -0.1) is 0 Å². The van der Waals surface area contributed by atoms with Crippen LogP contribution in [-0.2, 0) is 14.8 Å². The lowest BCUT2D eigenvalue weighted by Crippen LogP contribution is -2.46. The summed E-state index contributed by atoms with van der Waals surface area (Å²) in [5.74, 6) is 0.179. The quantitative estimate of drug-likeness (QED) is 0.472. The second-order valence-electron chi connectivity index (χ2n) is 8.19. The molecule has 0 spiro atoms. The average molecular weight is 471 g/mol. The molecule has 0 atom stereocenters. The van der Waals surface area contributed by atoms with Crippen LogP contribution in [-0.4, -0.2) is 67.1 Å². The second-order valence-corrected chi connectivity index (χ2v) is 9.75. The molecule has 3 aromatic rings. The fourth-order valence-electron chi connectivity index (χ4n) is 3.98. The van der Waals surface area contributed by atoms with Crippen molar-refractivity contribution in [3.05, 3.63) is 48.7 Å². The number of anilines is 3. The number of pyridine rings is 2.